The van der Waals surface area contributed by atoms with Crippen molar-refractivity contribution in [3.05, 3.63) is 65.5 Å². The first-order valence-corrected chi connectivity index (χ1v) is 8.70. The molecule has 0 aliphatic heterocycles. The van der Waals surface area contributed by atoms with E-state index in [0.717, 1.165) is 5.52 Å². The maximum Gasteiger partial charge on any atom is 0.242 e. The molecule has 0 saturated heterocycles. The Morgan fingerprint density at radius 2 is 1.67 bits per heavy atom. The molecule has 6 nitrogen and oxygen atoms in total. The summed E-state index contributed by atoms with van der Waals surface area (Å²) >= 11 is 0. The maximum absolute atomic E-state index is 12.4. The zero-order valence-electron chi connectivity index (χ0n) is 12.9. The molecule has 0 aliphatic rings. The number of aromatic nitrogens is 2. The first-order chi connectivity index (χ1) is 11.5. The Labute approximate surface area is 139 Å². The van der Waals surface area contributed by atoms with Gasteiger partial charge in [0.15, 0.2) is 0 Å². The fraction of sp³-hybridized carbons (Fsp3) is 0.118. The number of fused-ring (bicyclic) bond motifs is 1. The van der Waals surface area contributed by atoms with Crippen molar-refractivity contribution in [2.24, 2.45) is 0 Å². The smallest absolute Gasteiger partial charge is 0.242 e. The Morgan fingerprint density at radius 3 is 2.38 bits per heavy atom. The number of aryl methyl sites for hydroxylation is 1. The van der Waals surface area contributed by atoms with Crippen LogP contribution < -0.4 is 4.72 Å². The summed E-state index contributed by atoms with van der Waals surface area (Å²) < 4.78 is 27.4. The third-order valence-corrected chi connectivity index (χ3v) is 5.03. The van der Waals surface area contributed by atoms with Crippen LogP contribution in [0.3, 0.4) is 0 Å². The number of sulfonamides is 1. The van der Waals surface area contributed by atoms with Gasteiger partial charge in [-0.15, -0.1) is 0 Å². The molecule has 0 radical (unpaired) electrons. The standard InChI is InChI=1S/C17H14N4O2S/c1-12-16(21-15-8-4-3-7-14(15)20-12)11-19-24(22,23)17-9-5-2-6-13(17)10-18/h2-9,19H,11H2,1H3. The highest BCUT2D eigenvalue weighted by Gasteiger charge is 2.18. The fourth-order valence-electron chi connectivity index (χ4n) is 2.33. The monoisotopic (exact) mass is 338 g/mol. The number of nitrogens with one attached hydrogen (secondary N) is 1. The maximum atomic E-state index is 12.4. The van der Waals surface area contributed by atoms with Crippen molar-refractivity contribution in [2.75, 3.05) is 0 Å². The van der Waals surface area contributed by atoms with Crippen molar-refractivity contribution >= 4 is 21.1 Å². The van der Waals surface area contributed by atoms with Gasteiger partial charge >= 0.3 is 0 Å². The Morgan fingerprint density at radius 1 is 1.04 bits per heavy atom. The van der Waals surface area contributed by atoms with Crippen LogP contribution in [0, 0.1) is 18.3 Å². The van der Waals surface area contributed by atoms with Crippen molar-refractivity contribution in [1.82, 2.24) is 14.7 Å². The molecule has 0 amide bonds. The van der Waals surface area contributed by atoms with Crippen molar-refractivity contribution in [3.8, 4) is 6.07 Å². The number of para-hydroxylation sites is 2. The van der Waals surface area contributed by atoms with Crippen molar-refractivity contribution in [1.29, 1.82) is 5.26 Å². The number of nitriles is 1. The minimum absolute atomic E-state index is 0.00572. The third-order valence-electron chi connectivity index (χ3n) is 3.57. The van der Waals surface area contributed by atoms with Crippen molar-refractivity contribution in [3.63, 3.8) is 0 Å². The number of hydrogen-bond donors (Lipinski definition) is 1. The average Bonchev–Trinajstić information content (AvgIpc) is 2.60. The SMILES string of the molecule is Cc1nc2ccccc2nc1CNS(=O)(=O)c1ccccc1C#N. The van der Waals surface area contributed by atoms with Gasteiger partial charge in [0, 0.05) is 0 Å². The van der Waals surface area contributed by atoms with E-state index in [-0.39, 0.29) is 17.0 Å². The topological polar surface area (TPSA) is 95.7 Å². The summed E-state index contributed by atoms with van der Waals surface area (Å²) in [7, 11) is -3.81. The first kappa shape index (κ1) is 16.1. The van der Waals surface area contributed by atoms with Crippen LogP contribution in [0.5, 0.6) is 0 Å². The summed E-state index contributed by atoms with van der Waals surface area (Å²) in [6, 6.07) is 15.4. The summed E-state index contributed by atoms with van der Waals surface area (Å²) in [6.45, 7) is 1.79. The highest BCUT2D eigenvalue weighted by Crippen LogP contribution is 2.16. The first-order valence-electron chi connectivity index (χ1n) is 7.22. The molecule has 0 aliphatic carbocycles. The Kier molecular flexibility index (Phi) is 4.25. The van der Waals surface area contributed by atoms with Gasteiger partial charge in [-0.1, -0.05) is 24.3 Å². The van der Waals surface area contributed by atoms with Crippen LogP contribution in [0.4, 0.5) is 0 Å². The second-order valence-electron chi connectivity index (χ2n) is 5.18. The third kappa shape index (κ3) is 3.11. The molecule has 7 heteroatoms. The molecule has 0 fully saturated rings. The Bertz CT molecular complexity index is 1060. The lowest BCUT2D eigenvalue weighted by atomic mass is 10.2. The molecular weight excluding hydrogens is 324 g/mol. The highest BCUT2D eigenvalue weighted by atomic mass is 32.2. The minimum atomic E-state index is -3.81. The molecule has 120 valence electrons. The van der Waals surface area contributed by atoms with Gasteiger partial charge in [-0.2, -0.15) is 5.26 Å². The number of hydrogen-bond acceptors (Lipinski definition) is 5. The summed E-state index contributed by atoms with van der Waals surface area (Å²) in [5.74, 6) is 0. The second-order valence-corrected chi connectivity index (χ2v) is 6.91. The largest absolute Gasteiger partial charge is 0.250 e. The lowest BCUT2D eigenvalue weighted by Gasteiger charge is -2.10. The summed E-state index contributed by atoms with van der Waals surface area (Å²) in [4.78, 5) is 8.85. The van der Waals surface area contributed by atoms with E-state index >= 15 is 0 Å². The van der Waals surface area contributed by atoms with Gasteiger partial charge in [-0.3, -0.25) is 0 Å². The fourth-order valence-corrected chi connectivity index (χ4v) is 3.47. The molecule has 3 aromatic rings. The zero-order valence-corrected chi connectivity index (χ0v) is 13.7. The van der Waals surface area contributed by atoms with E-state index in [4.69, 9.17) is 5.26 Å². The van der Waals surface area contributed by atoms with Crippen LogP contribution in [-0.4, -0.2) is 18.4 Å². The van der Waals surface area contributed by atoms with Gasteiger partial charge in [-0.05, 0) is 31.2 Å². The molecule has 24 heavy (non-hydrogen) atoms. The van der Waals surface area contributed by atoms with Crippen LogP contribution >= 0.6 is 0 Å². The number of rotatable bonds is 4. The normalized spacial score (nSPS) is 11.3. The predicted molar refractivity (Wildman–Crippen MR) is 89.5 cm³/mol. The van der Waals surface area contributed by atoms with Crippen molar-refractivity contribution < 1.29 is 8.42 Å². The van der Waals surface area contributed by atoms with E-state index in [1.165, 1.54) is 12.1 Å². The van der Waals surface area contributed by atoms with Gasteiger partial charge in [0.05, 0.1) is 39.4 Å². The van der Waals surface area contributed by atoms with Crippen LogP contribution in [0.15, 0.2) is 53.4 Å². The summed E-state index contributed by atoms with van der Waals surface area (Å²) in [5.41, 5.74) is 2.77. The van der Waals surface area contributed by atoms with E-state index in [1.54, 1.807) is 19.1 Å². The Hall–Kier alpha value is -2.82. The highest BCUT2D eigenvalue weighted by molar-refractivity contribution is 7.89. The van der Waals surface area contributed by atoms with Gasteiger partial charge in [0.1, 0.15) is 6.07 Å². The van der Waals surface area contributed by atoms with Crippen LogP contribution in [0.2, 0.25) is 0 Å². The van der Waals surface area contributed by atoms with E-state index in [0.29, 0.717) is 16.9 Å². The second kappa shape index (κ2) is 6.35. The number of benzene rings is 2. The minimum Gasteiger partial charge on any atom is -0.250 e. The average molecular weight is 338 g/mol. The van der Waals surface area contributed by atoms with Gasteiger partial charge in [0.2, 0.25) is 10.0 Å². The Balaban J connectivity index is 1.90. The summed E-state index contributed by atoms with van der Waals surface area (Å²) in [5, 5.41) is 9.06. The molecule has 2 aromatic carbocycles. The molecule has 0 unspecified atom stereocenters. The zero-order chi connectivity index (χ0) is 17.2. The number of nitrogens with zero attached hydrogens (tertiary/aromatic N) is 3. The quantitative estimate of drug-likeness (QED) is 0.787. The van der Waals surface area contributed by atoms with Crippen LogP contribution in [0.1, 0.15) is 17.0 Å². The van der Waals surface area contributed by atoms with Crippen LogP contribution in [0.25, 0.3) is 11.0 Å². The molecular formula is C17H14N4O2S. The molecule has 1 aromatic heterocycles. The van der Waals surface area contributed by atoms with Gasteiger partial charge in [-0.25, -0.2) is 23.1 Å². The molecule has 1 heterocycles. The molecule has 0 saturated carbocycles. The molecule has 0 spiro atoms. The molecule has 1 N–H and O–H groups in total. The lowest BCUT2D eigenvalue weighted by Crippen LogP contribution is -2.25. The van der Waals surface area contributed by atoms with Crippen LogP contribution in [-0.2, 0) is 16.6 Å². The predicted octanol–water partition coefficient (Wildman–Crippen LogP) is 2.29. The van der Waals surface area contributed by atoms with E-state index in [2.05, 4.69) is 14.7 Å². The molecule has 3 rings (SSSR count). The molecule has 0 bridgehead atoms. The van der Waals surface area contributed by atoms with Crippen molar-refractivity contribution in [2.45, 2.75) is 18.4 Å². The lowest BCUT2D eigenvalue weighted by molar-refractivity contribution is 0.580. The molecule has 0 atom stereocenters. The van der Waals surface area contributed by atoms with E-state index in [1.807, 2.05) is 30.3 Å². The van der Waals surface area contributed by atoms with Gasteiger partial charge < -0.3 is 0 Å². The van der Waals surface area contributed by atoms with E-state index < -0.39 is 10.0 Å². The van der Waals surface area contributed by atoms with Gasteiger partial charge in [0.25, 0.3) is 0 Å². The summed E-state index contributed by atoms with van der Waals surface area (Å²) in [6.07, 6.45) is 0. The van der Waals surface area contributed by atoms with E-state index in [9.17, 15) is 8.42 Å².